The standard InChI is InChI=1S/C8H7BrN2O/c1-5-7-6(9)3-2-4-11(7)8(12)10-5/h2-4H,1H3,(H,10,12). The number of H-pyrrole nitrogens is 1. The first-order valence-electron chi connectivity index (χ1n) is 3.55. The Morgan fingerprint density at radius 3 is 3.00 bits per heavy atom. The van der Waals surface area contributed by atoms with E-state index in [1.165, 1.54) is 0 Å². The van der Waals surface area contributed by atoms with Crippen LogP contribution in [0.2, 0.25) is 0 Å². The molecule has 12 heavy (non-hydrogen) atoms. The van der Waals surface area contributed by atoms with E-state index in [1.54, 1.807) is 10.6 Å². The van der Waals surface area contributed by atoms with Crippen molar-refractivity contribution in [1.29, 1.82) is 0 Å². The SMILES string of the molecule is Cc1[nH]c(=O)n2cccc(Br)c12. The van der Waals surface area contributed by atoms with Gasteiger partial charge in [0.25, 0.3) is 0 Å². The van der Waals surface area contributed by atoms with Gasteiger partial charge in [0.05, 0.1) is 5.52 Å². The normalized spacial score (nSPS) is 10.8. The summed E-state index contributed by atoms with van der Waals surface area (Å²) < 4.78 is 2.51. The predicted molar refractivity (Wildman–Crippen MR) is 50.5 cm³/mol. The van der Waals surface area contributed by atoms with Crippen LogP contribution < -0.4 is 5.69 Å². The second-order valence-corrected chi connectivity index (χ2v) is 3.48. The number of imidazole rings is 1. The number of nitrogens with one attached hydrogen (secondary N) is 1. The molecule has 4 heteroatoms. The van der Waals surface area contributed by atoms with Crippen molar-refractivity contribution < 1.29 is 0 Å². The number of rotatable bonds is 0. The highest BCUT2D eigenvalue weighted by molar-refractivity contribution is 9.10. The molecule has 0 radical (unpaired) electrons. The van der Waals surface area contributed by atoms with Gasteiger partial charge in [-0.15, -0.1) is 0 Å². The molecule has 2 rings (SSSR count). The molecule has 62 valence electrons. The van der Waals surface area contributed by atoms with Crippen LogP contribution in [0.15, 0.2) is 27.6 Å². The summed E-state index contributed by atoms with van der Waals surface area (Å²) in [4.78, 5) is 14.0. The number of nitrogens with zero attached hydrogens (tertiary/aromatic N) is 1. The van der Waals surface area contributed by atoms with E-state index in [-0.39, 0.29) is 5.69 Å². The van der Waals surface area contributed by atoms with Crippen LogP contribution in [0.25, 0.3) is 5.52 Å². The molecule has 0 aliphatic carbocycles. The number of halogens is 1. The summed E-state index contributed by atoms with van der Waals surface area (Å²) in [7, 11) is 0. The van der Waals surface area contributed by atoms with E-state index in [1.807, 2.05) is 19.1 Å². The van der Waals surface area contributed by atoms with E-state index < -0.39 is 0 Å². The molecule has 0 saturated heterocycles. The second kappa shape index (κ2) is 2.48. The molecule has 0 bridgehead atoms. The van der Waals surface area contributed by atoms with Crippen LogP contribution in [0.3, 0.4) is 0 Å². The Morgan fingerprint density at radius 2 is 2.33 bits per heavy atom. The molecule has 0 aliphatic heterocycles. The first-order valence-corrected chi connectivity index (χ1v) is 4.35. The fourth-order valence-electron chi connectivity index (χ4n) is 1.29. The zero-order valence-electron chi connectivity index (χ0n) is 6.47. The van der Waals surface area contributed by atoms with Crippen LogP contribution in [0.4, 0.5) is 0 Å². The van der Waals surface area contributed by atoms with Gasteiger partial charge in [0.2, 0.25) is 0 Å². The van der Waals surface area contributed by atoms with E-state index in [0.29, 0.717) is 0 Å². The minimum Gasteiger partial charge on any atom is -0.309 e. The monoisotopic (exact) mass is 226 g/mol. The van der Waals surface area contributed by atoms with Gasteiger partial charge in [-0.25, -0.2) is 4.79 Å². The third kappa shape index (κ3) is 0.914. The van der Waals surface area contributed by atoms with Crippen molar-refractivity contribution in [3.63, 3.8) is 0 Å². The third-order valence-corrected chi connectivity index (χ3v) is 2.45. The van der Waals surface area contributed by atoms with E-state index in [4.69, 9.17) is 0 Å². The van der Waals surface area contributed by atoms with Gasteiger partial charge >= 0.3 is 5.69 Å². The minimum atomic E-state index is -0.0937. The number of hydrogen-bond acceptors (Lipinski definition) is 1. The number of aryl methyl sites for hydroxylation is 1. The van der Waals surface area contributed by atoms with E-state index in [0.717, 1.165) is 15.7 Å². The van der Waals surface area contributed by atoms with Crippen LogP contribution in [0.1, 0.15) is 5.69 Å². The Bertz CT molecular complexity index is 483. The molecule has 0 fully saturated rings. The molecular weight excluding hydrogens is 220 g/mol. The topological polar surface area (TPSA) is 37.3 Å². The zero-order valence-corrected chi connectivity index (χ0v) is 8.05. The van der Waals surface area contributed by atoms with Crippen LogP contribution in [0.5, 0.6) is 0 Å². The Morgan fingerprint density at radius 1 is 1.58 bits per heavy atom. The minimum absolute atomic E-state index is 0.0937. The largest absolute Gasteiger partial charge is 0.330 e. The number of pyridine rings is 1. The molecule has 2 aromatic heterocycles. The van der Waals surface area contributed by atoms with Crippen molar-refractivity contribution >= 4 is 21.4 Å². The number of fused-ring (bicyclic) bond motifs is 1. The van der Waals surface area contributed by atoms with Crippen molar-refractivity contribution in [2.45, 2.75) is 6.92 Å². The van der Waals surface area contributed by atoms with Gasteiger partial charge in [-0.05, 0) is 35.0 Å². The zero-order chi connectivity index (χ0) is 8.72. The van der Waals surface area contributed by atoms with E-state index in [9.17, 15) is 4.79 Å². The fraction of sp³-hybridized carbons (Fsp3) is 0.125. The molecule has 0 amide bonds. The lowest BCUT2D eigenvalue weighted by atomic mass is 10.3. The van der Waals surface area contributed by atoms with Gasteiger partial charge in [0.15, 0.2) is 0 Å². The maximum absolute atomic E-state index is 11.2. The molecule has 0 aromatic carbocycles. The molecule has 2 aromatic rings. The second-order valence-electron chi connectivity index (χ2n) is 2.63. The molecule has 0 aliphatic rings. The summed E-state index contributed by atoms with van der Waals surface area (Å²) in [6.45, 7) is 1.88. The molecule has 0 unspecified atom stereocenters. The quantitative estimate of drug-likeness (QED) is 0.730. The first-order chi connectivity index (χ1) is 5.70. The molecule has 3 nitrogen and oxygen atoms in total. The lowest BCUT2D eigenvalue weighted by Crippen LogP contribution is -2.08. The van der Waals surface area contributed by atoms with Crippen LogP contribution in [-0.2, 0) is 0 Å². The summed E-state index contributed by atoms with van der Waals surface area (Å²) >= 11 is 3.38. The average molecular weight is 227 g/mol. The van der Waals surface area contributed by atoms with Crippen molar-refractivity contribution in [2.75, 3.05) is 0 Å². The maximum Gasteiger partial charge on any atom is 0.330 e. The average Bonchev–Trinajstić information content (AvgIpc) is 2.29. The van der Waals surface area contributed by atoms with Crippen molar-refractivity contribution in [1.82, 2.24) is 9.38 Å². The van der Waals surface area contributed by atoms with Crippen molar-refractivity contribution in [3.8, 4) is 0 Å². The molecule has 0 spiro atoms. The first kappa shape index (κ1) is 7.61. The highest BCUT2D eigenvalue weighted by atomic mass is 79.9. The summed E-state index contributed by atoms with van der Waals surface area (Å²) in [6, 6.07) is 3.74. The smallest absolute Gasteiger partial charge is 0.309 e. The molecule has 2 heterocycles. The summed E-state index contributed by atoms with van der Waals surface area (Å²) in [5.74, 6) is 0. The lowest BCUT2D eigenvalue weighted by molar-refractivity contribution is 1.06. The molecule has 0 atom stereocenters. The Labute approximate surface area is 77.2 Å². The molecule has 0 saturated carbocycles. The van der Waals surface area contributed by atoms with E-state index in [2.05, 4.69) is 20.9 Å². The number of hydrogen-bond donors (Lipinski definition) is 1. The van der Waals surface area contributed by atoms with E-state index >= 15 is 0 Å². The molecule has 1 N–H and O–H groups in total. The summed E-state index contributed by atoms with van der Waals surface area (Å²) in [6.07, 6.45) is 1.74. The van der Waals surface area contributed by atoms with Gasteiger partial charge < -0.3 is 4.98 Å². The van der Waals surface area contributed by atoms with Gasteiger partial charge in [0, 0.05) is 16.4 Å². The van der Waals surface area contributed by atoms with Crippen molar-refractivity contribution in [3.05, 3.63) is 39.0 Å². The summed E-state index contributed by atoms with van der Waals surface area (Å²) in [5.41, 5.74) is 1.69. The molecular formula is C8H7BrN2O. The highest BCUT2D eigenvalue weighted by Gasteiger charge is 2.04. The van der Waals surface area contributed by atoms with Gasteiger partial charge in [0.1, 0.15) is 0 Å². The Hall–Kier alpha value is -1.03. The fourth-order valence-corrected chi connectivity index (χ4v) is 1.93. The number of aromatic nitrogens is 2. The summed E-state index contributed by atoms with van der Waals surface area (Å²) in [5, 5.41) is 0. The van der Waals surface area contributed by atoms with Gasteiger partial charge in [-0.2, -0.15) is 0 Å². The Kier molecular flexibility index (Phi) is 1.58. The van der Waals surface area contributed by atoms with Gasteiger partial charge in [-0.1, -0.05) is 0 Å². The maximum atomic E-state index is 11.2. The van der Waals surface area contributed by atoms with Crippen LogP contribution in [-0.4, -0.2) is 9.38 Å². The lowest BCUT2D eigenvalue weighted by Gasteiger charge is -1.94. The Balaban J connectivity index is 3.09. The third-order valence-electron chi connectivity index (χ3n) is 1.81. The highest BCUT2D eigenvalue weighted by Crippen LogP contribution is 2.17. The number of aromatic amines is 1. The predicted octanol–water partition coefficient (Wildman–Crippen LogP) is 1.70. The van der Waals surface area contributed by atoms with Crippen LogP contribution >= 0.6 is 15.9 Å². The van der Waals surface area contributed by atoms with Crippen molar-refractivity contribution in [2.24, 2.45) is 0 Å². The van der Waals surface area contributed by atoms with Gasteiger partial charge in [-0.3, -0.25) is 4.40 Å². The van der Waals surface area contributed by atoms with Crippen LogP contribution in [0, 0.1) is 6.92 Å².